The van der Waals surface area contributed by atoms with Crippen molar-refractivity contribution < 1.29 is 14.6 Å². The average molecular weight is 262 g/mol. The molecule has 0 N–H and O–H groups in total. The lowest BCUT2D eigenvalue weighted by atomic mass is 10.2. The lowest BCUT2D eigenvalue weighted by molar-refractivity contribution is -0.384. The maximum Gasteiger partial charge on any atom is 0.270 e. The molecule has 0 aliphatic carbocycles. The van der Waals surface area contributed by atoms with Gasteiger partial charge in [0.2, 0.25) is 0 Å². The number of rotatable bonds is 3. The molecule has 100 valence electrons. The Balaban J connectivity index is 1.97. The van der Waals surface area contributed by atoms with Crippen molar-refractivity contribution in [1.29, 1.82) is 0 Å². The number of hydroxylamine groups is 2. The SMILES string of the molecule is O=C(/C=C/c1ccc([N+](=O)[O-])cc1)N1CCCCO1. The minimum atomic E-state index is -0.458. The number of nitro groups is 1. The van der Waals surface area contributed by atoms with Gasteiger partial charge in [0.25, 0.3) is 11.6 Å². The maximum absolute atomic E-state index is 11.8. The molecule has 0 unspecified atom stereocenters. The molecule has 1 amide bonds. The van der Waals surface area contributed by atoms with Gasteiger partial charge in [-0.1, -0.05) is 0 Å². The highest BCUT2D eigenvalue weighted by Gasteiger charge is 2.14. The fraction of sp³-hybridized carbons (Fsp3) is 0.308. The molecule has 0 radical (unpaired) electrons. The van der Waals surface area contributed by atoms with Crippen LogP contribution in [0.25, 0.3) is 6.08 Å². The maximum atomic E-state index is 11.8. The van der Waals surface area contributed by atoms with Gasteiger partial charge in [-0.2, -0.15) is 0 Å². The van der Waals surface area contributed by atoms with Crippen LogP contribution in [0.4, 0.5) is 5.69 Å². The normalized spacial score (nSPS) is 15.7. The van der Waals surface area contributed by atoms with E-state index < -0.39 is 4.92 Å². The molecule has 1 aromatic carbocycles. The molecule has 0 spiro atoms. The van der Waals surface area contributed by atoms with E-state index in [-0.39, 0.29) is 11.6 Å². The van der Waals surface area contributed by atoms with Crippen LogP contribution < -0.4 is 0 Å². The van der Waals surface area contributed by atoms with Crippen LogP contribution in [0.5, 0.6) is 0 Å². The smallest absolute Gasteiger partial charge is 0.270 e. The molecule has 1 aliphatic rings. The van der Waals surface area contributed by atoms with Crippen LogP contribution >= 0.6 is 0 Å². The van der Waals surface area contributed by atoms with Crippen LogP contribution in [0.3, 0.4) is 0 Å². The van der Waals surface area contributed by atoms with Crippen molar-refractivity contribution >= 4 is 17.7 Å². The number of non-ortho nitro benzene ring substituents is 1. The zero-order valence-electron chi connectivity index (χ0n) is 10.3. The molecule has 2 rings (SSSR count). The number of carbonyl (C=O) groups excluding carboxylic acids is 1. The summed E-state index contributed by atoms with van der Waals surface area (Å²) in [7, 11) is 0. The Labute approximate surface area is 110 Å². The van der Waals surface area contributed by atoms with Crippen LogP contribution in [0.2, 0.25) is 0 Å². The second kappa shape index (κ2) is 6.10. The lowest BCUT2D eigenvalue weighted by Crippen LogP contribution is -2.34. The first kappa shape index (κ1) is 13.2. The van der Waals surface area contributed by atoms with Crippen LogP contribution in [0, 0.1) is 10.1 Å². The summed E-state index contributed by atoms with van der Waals surface area (Å²) < 4.78 is 0. The Morgan fingerprint density at radius 2 is 2.05 bits per heavy atom. The minimum absolute atomic E-state index is 0.0304. The van der Waals surface area contributed by atoms with Crippen molar-refractivity contribution in [2.75, 3.05) is 13.2 Å². The van der Waals surface area contributed by atoms with Crippen molar-refractivity contribution in [1.82, 2.24) is 5.06 Å². The highest BCUT2D eigenvalue weighted by molar-refractivity contribution is 5.91. The summed E-state index contributed by atoms with van der Waals surface area (Å²) in [6.45, 7) is 1.17. The molecule has 1 saturated heterocycles. The molecule has 0 aromatic heterocycles. The minimum Gasteiger partial charge on any atom is -0.271 e. The van der Waals surface area contributed by atoms with Gasteiger partial charge in [0, 0.05) is 24.8 Å². The highest BCUT2D eigenvalue weighted by atomic mass is 16.7. The number of nitrogens with zero attached hydrogens (tertiary/aromatic N) is 2. The van der Waals surface area contributed by atoms with Crippen LogP contribution in [-0.4, -0.2) is 29.0 Å². The van der Waals surface area contributed by atoms with Gasteiger partial charge in [-0.3, -0.25) is 19.7 Å². The number of benzene rings is 1. The lowest BCUT2D eigenvalue weighted by Gasteiger charge is -2.24. The summed E-state index contributed by atoms with van der Waals surface area (Å²) in [4.78, 5) is 27.0. The van der Waals surface area contributed by atoms with Crippen molar-refractivity contribution in [3.8, 4) is 0 Å². The standard InChI is InChI=1S/C13H14N2O4/c16-13(14-9-1-2-10-19-14)8-5-11-3-6-12(7-4-11)15(17)18/h3-8H,1-2,9-10H2/b8-5+. The third kappa shape index (κ3) is 3.62. The van der Waals surface area contributed by atoms with Gasteiger partial charge in [-0.25, -0.2) is 5.06 Å². The Morgan fingerprint density at radius 1 is 1.32 bits per heavy atom. The van der Waals surface area contributed by atoms with Gasteiger partial charge >= 0.3 is 0 Å². The van der Waals surface area contributed by atoms with Gasteiger partial charge < -0.3 is 0 Å². The predicted molar refractivity (Wildman–Crippen MR) is 69.0 cm³/mol. The zero-order valence-corrected chi connectivity index (χ0v) is 10.3. The van der Waals surface area contributed by atoms with E-state index in [1.807, 2.05) is 0 Å². The molecule has 1 aliphatic heterocycles. The molecule has 1 aromatic rings. The fourth-order valence-corrected chi connectivity index (χ4v) is 1.73. The number of nitro benzene ring substituents is 1. The predicted octanol–water partition coefficient (Wildman–Crippen LogP) is 2.16. The third-order valence-corrected chi connectivity index (χ3v) is 2.77. The van der Waals surface area contributed by atoms with Crippen molar-refractivity contribution in [2.24, 2.45) is 0 Å². The fourth-order valence-electron chi connectivity index (χ4n) is 1.73. The molecule has 0 atom stereocenters. The topological polar surface area (TPSA) is 72.7 Å². The van der Waals surface area contributed by atoms with Crippen molar-refractivity contribution in [3.63, 3.8) is 0 Å². The summed E-state index contributed by atoms with van der Waals surface area (Å²) >= 11 is 0. The number of hydrogen-bond donors (Lipinski definition) is 0. The second-order valence-electron chi connectivity index (χ2n) is 4.16. The number of hydrogen-bond acceptors (Lipinski definition) is 4. The largest absolute Gasteiger partial charge is 0.271 e. The third-order valence-electron chi connectivity index (χ3n) is 2.77. The van der Waals surface area contributed by atoms with E-state index in [2.05, 4.69) is 0 Å². The molecule has 0 bridgehead atoms. The monoisotopic (exact) mass is 262 g/mol. The van der Waals surface area contributed by atoms with Crippen LogP contribution in [0.15, 0.2) is 30.3 Å². The second-order valence-corrected chi connectivity index (χ2v) is 4.16. The number of carbonyl (C=O) groups is 1. The molecule has 6 nitrogen and oxygen atoms in total. The number of amides is 1. The van der Waals surface area contributed by atoms with Crippen molar-refractivity contribution in [3.05, 3.63) is 46.0 Å². The first-order valence-electron chi connectivity index (χ1n) is 6.04. The van der Waals surface area contributed by atoms with E-state index in [1.54, 1.807) is 18.2 Å². The van der Waals surface area contributed by atoms with E-state index in [0.717, 1.165) is 18.4 Å². The first-order valence-corrected chi connectivity index (χ1v) is 6.04. The summed E-state index contributed by atoms with van der Waals surface area (Å²) in [5.41, 5.74) is 0.763. The molecule has 1 fully saturated rings. The zero-order chi connectivity index (χ0) is 13.7. The van der Waals surface area contributed by atoms with E-state index in [9.17, 15) is 14.9 Å². The average Bonchev–Trinajstić information content (AvgIpc) is 2.46. The van der Waals surface area contributed by atoms with Gasteiger partial charge in [-0.15, -0.1) is 0 Å². The van der Waals surface area contributed by atoms with E-state index in [0.29, 0.717) is 13.2 Å². The highest BCUT2D eigenvalue weighted by Crippen LogP contribution is 2.13. The molecule has 19 heavy (non-hydrogen) atoms. The molecule has 0 saturated carbocycles. The molecular weight excluding hydrogens is 248 g/mol. The Hall–Kier alpha value is -2.21. The van der Waals surface area contributed by atoms with Gasteiger partial charge in [-0.05, 0) is 36.6 Å². The molecular formula is C13H14N2O4. The molecule has 1 heterocycles. The molecule has 6 heteroatoms. The van der Waals surface area contributed by atoms with Crippen LogP contribution in [-0.2, 0) is 9.63 Å². The van der Waals surface area contributed by atoms with Crippen LogP contribution in [0.1, 0.15) is 18.4 Å². The van der Waals surface area contributed by atoms with Gasteiger partial charge in [0.1, 0.15) is 0 Å². The van der Waals surface area contributed by atoms with Crippen molar-refractivity contribution in [2.45, 2.75) is 12.8 Å². The summed E-state index contributed by atoms with van der Waals surface area (Å²) in [6.07, 6.45) is 4.93. The van der Waals surface area contributed by atoms with Gasteiger partial charge in [0.05, 0.1) is 11.5 Å². The Bertz CT molecular complexity index is 490. The summed E-state index contributed by atoms with van der Waals surface area (Å²) in [5.74, 6) is -0.210. The Kier molecular flexibility index (Phi) is 4.25. The Morgan fingerprint density at radius 3 is 2.63 bits per heavy atom. The summed E-state index contributed by atoms with van der Waals surface area (Å²) in [5, 5.41) is 11.8. The van der Waals surface area contributed by atoms with E-state index in [4.69, 9.17) is 4.84 Å². The summed E-state index contributed by atoms with van der Waals surface area (Å²) in [6, 6.07) is 6.00. The first-order chi connectivity index (χ1) is 9.16. The quantitative estimate of drug-likeness (QED) is 0.475. The van der Waals surface area contributed by atoms with E-state index >= 15 is 0 Å². The van der Waals surface area contributed by atoms with E-state index in [1.165, 1.54) is 23.3 Å². The van der Waals surface area contributed by atoms with Gasteiger partial charge in [0.15, 0.2) is 0 Å².